The van der Waals surface area contributed by atoms with Crippen LogP contribution < -0.4 is 0 Å². The van der Waals surface area contributed by atoms with Crippen LogP contribution in [0.2, 0.25) is 5.02 Å². The van der Waals surface area contributed by atoms with Crippen LogP contribution in [-0.2, 0) is 0 Å². The Labute approximate surface area is 153 Å². The zero-order valence-electron chi connectivity index (χ0n) is 13.7. The first-order valence-electron chi connectivity index (χ1n) is 8.31. The van der Waals surface area contributed by atoms with Crippen LogP contribution in [0.15, 0.2) is 103 Å². The standard InChI is InChI=1S/C24H17Cl/c25-24-14-12-19(13-15-24)21-9-5-11-23(17-21)22-10-4-8-20(16-22)18-6-2-1-3-7-18/h1-17H. The van der Waals surface area contributed by atoms with Gasteiger partial charge in [0, 0.05) is 5.02 Å². The molecule has 120 valence electrons. The third kappa shape index (κ3) is 3.50. The monoisotopic (exact) mass is 340 g/mol. The number of hydrogen-bond acceptors (Lipinski definition) is 0. The molecule has 0 amide bonds. The number of benzene rings is 4. The van der Waals surface area contributed by atoms with Gasteiger partial charge < -0.3 is 0 Å². The maximum Gasteiger partial charge on any atom is 0.0406 e. The molecule has 0 N–H and O–H groups in total. The van der Waals surface area contributed by atoms with Gasteiger partial charge in [0.2, 0.25) is 0 Å². The van der Waals surface area contributed by atoms with Crippen molar-refractivity contribution in [1.29, 1.82) is 0 Å². The summed E-state index contributed by atoms with van der Waals surface area (Å²) in [6.07, 6.45) is 0. The molecule has 0 fully saturated rings. The van der Waals surface area contributed by atoms with Crippen LogP contribution in [0.5, 0.6) is 0 Å². The predicted molar refractivity (Wildman–Crippen MR) is 108 cm³/mol. The highest BCUT2D eigenvalue weighted by Crippen LogP contribution is 2.30. The molecule has 0 unspecified atom stereocenters. The van der Waals surface area contributed by atoms with E-state index in [9.17, 15) is 0 Å². The van der Waals surface area contributed by atoms with E-state index < -0.39 is 0 Å². The first-order chi connectivity index (χ1) is 12.3. The Hall–Kier alpha value is -2.83. The first kappa shape index (κ1) is 15.7. The van der Waals surface area contributed by atoms with E-state index in [1.54, 1.807) is 0 Å². The van der Waals surface area contributed by atoms with E-state index in [-0.39, 0.29) is 0 Å². The molecule has 0 heterocycles. The van der Waals surface area contributed by atoms with Gasteiger partial charge in [-0.15, -0.1) is 0 Å². The van der Waals surface area contributed by atoms with Gasteiger partial charge in [0.15, 0.2) is 0 Å². The minimum absolute atomic E-state index is 0.760. The summed E-state index contributed by atoms with van der Waals surface area (Å²) in [5.41, 5.74) is 7.26. The largest absolute Gasteiger partial charge is 0.0843 e. The van der Waals surface area contributed by atoms with Gasteiger partial charge in [0.05, 0.1) is 0 Å². The fraction of sp³-hybridized carbons (Fsp3) is 0. The highest BCUT2D eigenvalue weighted by molar-refractivity contribution is 6.30. The van der Waals surface area contributed by atoms with Crippen molar-refractivity contribution in [2.24, 2.45) is 0 Å². The summed E-state index contributed by atoms with van der Waals surface area (Å²) >= 11 is 6.00. The fourth-order valence-corrected chi connectivity index (χ4v) is 3.16. The summed E-state index contributed by atoms with van der Waals surface area (Å²) in [5.74, 6) is 0. The second-order valence-corrected chi connectivity index (χ2v) is 6.47. The Kier molecular flexibility index (Phi) is 4.37. The second-order valence-electron chi connectivity index (χ2n) is 6.03. The van der Waals surface area contributed by atoms with Crippen LogP contribution in [0.4, 0.5) is 0 Å². The normalized spacial score (nSPS) is 10.6. The lowest BCUT2D eigenvalue weighted by Crippen LogP contribution is -1.83. The molecular formula is C24H17Cl. The molecule has 0 atom stereocenters. The molecule has 0 aromatic heterocycles. The number of halogens is 1. The van der Waals surface area contributed by atoms with E-state index in [0.29, 0.717) is 0 Å². The molecular weight excluding hydrogens is 324 g/mol. The summed E-state index contributed by atoms with van der Waals surface area (Å²) in [7, 11) is 0. The third-order valence-corrected chi connectivity index (χ3v) is 4.60. The summed E-state index contributed by atoms with van der Waals surface area (Å²) in [4.78, 5) is 0. The lowest BCUT2D eigenvalue weighted by atomic mass is 9.96. The maximum atomic E-state index is 6.00. The van der Waals surface area contributed by atoms with E-state index in [0.717, 1.165) is 5.02 Å². The number of rotatable bonds is 3. The minimum Gasteiger partial charge on any atom is -0.0843 e. The minimum atomic E-state index is 0.760. The summed E-state index contributed by atoms with van der Waals surface area (Å²) in [6, 6.07) is 35.8. The zero-order valence-corrected chi connectivity index (χ0v) is 14.4. The van der Waals surface area contributed by atoms with Gasteiger partial charge in [-0.2, -0.15) is 0 Å². The smallest absolute Gasteiger partial charge is 0.0406 e. The van der Waals surface area contributed by atoms with E-state index >= 15 is 0 Å². The molecule has 0 aliphatic heterocycles. The van der Waals surface area contributed by atoms with Gasteiger partial charge in [0.25, 0.3) is 0 Å². The molecule has 0 aliphatic carbocycles. The van der Waals surface area contributed by atoms with E-state index in [4.69, 9.17) is 11.6 Å². The van der Waals surface area contributed by atoms with Gasteiger partial charge >= 0.3 is 0 Å². The molecule has 0 spiro atoms. The Morgan fingerprint density at radius 3 is 1.28 bits per heavy atom. The molecule has 1 heteroatoms. The van der Waals surface area contributed by atoms with Crippen LogP contribution in [0.1, 0.15) is 0 Å². The summed E-state index contributed by atoms with van der Waals surface area (Å²) < 4.78 is 0. The molecule has 25 heavy (non-hydrogen) atoms. The molecule has 4 aromatic carbocycles. The van der Waals surface area contributed by atoms with Crippen LogP contribution in [0.3, 0.4) is 0 Å². The van der Waals surface area contributed by atoms with Crippen LogP contribution >= 0.6 is 11.6 Å². The number of hydrogen-bond donors (Lipinski definition) is 0. The topological polar surface area (TPSA) is 0 Å². The van der Waals surface area contributed by atoms with E-state index in [1.807, 2.05) is 18.2 Å². The van der Waals surface area contributed by atoms with Crippen molar-refractivity contribution in [3.05, 3.63) is 108 Å². The average Bonchev–Trinajstić information content (AvgIpc) is 2.69. The Morgan fingerprint density at radius 1 is 0.360 bits per heavy atom. The fourth-order valence-electron chi connectivity index (χ4n) is 3.03. The molecule has 0 bridgehead atoms. The Morgan fingerprint density at radius 2 is 0.760 bits per heavy atom. The predicted octanol–water partition coefficient (Wildman–Crippen LogP) is 7.34. The highest BCUT2D eigenvalue weighted by Gasteiger charge is 2.04. The van der Waals surface area contributed by atoms with E-state index in [2.05, 4.69) is 84.9 Å². The van der Waals surface area contributed by atoms with Crippen molar-refractivity contribution < 1.29 is 0 Å². The lowest BCUT2D eigenvalue weighted by Gasteiger charge is -2.08. The van der Waals surface area contributed by atoms with Crippen molar-refractivity contribution in [1.82, 2.24) is 0 Å². The van der Waals surface area contributed by atoms with Crippen molar-refractivity contribution in [3.8, 4) is 33.4 Å². The quantitative estimate of drug-likeness (QED) is 0.366. The molecule has 0 radical (unpaired) electrons. The average molecular weight is 341 g/mol. The van der Waals surface area contributed by atoms with Crippen LogP contribution in [0, 0.1) is 0 Å². The summed E-state index contributed by atoms with van der Waals surface area (Å²) in [6.45, 7) is 0. The van der Waals surface area contributed by atoms with Crippen LogP contribution in [0.25, 0.3) is 33.4 Å². The molecule has 0 aliphatic rings. The zero-order chi connectivity index (χ0) is 17.1. The highest BCUT2D eigenvalue weighted by atomic mass is 35.5. The molecule has 0 saturated heterocycles. The Bertz CT molecular complexity index is 986. The second kappa shape index (κ2) is 6.96. The molecule has 4 rings (SSSR count). The van der Waals surface area contributed by atoms with Crippen LogP contribution in [-0.4, -0.2) is 0 Å². The summed E-state index contributed by atoms with van der Waals surface area (Å²) in [5, 5.41) is 0.760. The van der Waals surface area contributed by atoms with E-state index in [1.165, 1.54) is 33.4 Å². The maximum absolute atomic E-state index is 6.00. The molecule has 4 aromatic rings. The van der Waals surface area contributed by atoms with Gasteiger partial charge in [-0.25, -0.2) is 0 Å². The lowest BCUT2D eigenvalue weighted by molar-refractivity contribution is 1.57. The first-order valence-corrected chi connectivity index (χ1v) is 8.69. The van der Waals surface area contributed by atoms with Gasteiger partial charge in [-0.1, -0.05) is 90.5 Å². The molecule has 0 nitrogen and oxygen atoms in total. The van der Waals surface area contributed by atoms with Crippen molar-refractivity contribution >= 4 is 11.6 Å². The van der Waals surface area contributed by atoms with Gasteiger partial charge in [-0.3, -0.25) is 0 Å². The van der Waals surface area contributed by atoms with Crippen molar-refractivity contribution in [3.63, 3.8) is 0 Å². The van der Waals surface area contributed by atoms with Gasteiger partial charge in [-0.05, 0) is 57.6 Å². The third-order valence-electron chi connectivity index (χ3n) is 4.34. The van der Waals surface area contributed by atoms with Gasteiger partial charge in [0.1, 0.15) is 0 Å². The SMILES string of the molecule is Clc1ccc(-c2cccc(-c3cccc(-c4ccccc4)c3)c2)cc1. The van der Waals surface area contributed by atoms with Crippen molar-refractivity contribution in [2.45, 2.75) is 0 Å². The Balaban J connectivity index is 1.73. The molecule has 0 saturated carbocycles. The van der Waals surface area contributed by atoms with Crippen molar-refractivity contribution in [2.75, 3.05) is 0 Å².